The van der Waals surface area contributed by atoms with Gasteiger partial charge < -0.3 is 5.32 Å². The molecule has 5 heteroatoms. The van der Waals surface area contributed by atoms with Crippen molar-refractivity contribution in [2.45, 2.75) is 25.9 Å². The van der Waals surface area contributed by atoms with Crippen LogP contribution in [-0.2, 0) is 6.54 Å². The summed E-state index contributed by atoms with van der Waals surface area (Å²) in [5.74, 6) is 0. The topological polar surface area (TPSA) is 29.9 Å². The van der Waals surface area contributed by atoms with Crippen molar-refractivity contribution in [3.05, 3.63) is 51.6 Å². The standard InChI is InChI=1S/C16H18BrN3S/c1-3-8-20-16(13(17)9-19-20)15(18-2)12-10-21-14-7-5-4-6-11(12)14/h4-7,9-10,15,18H,3,8H2,1-2H3. The van der Waals surface area contributed by atoms with E-state index in [1.54, 1.807) is 11.3 Å². The summed E-state index contributed by atoms with van der Waals surface area (Å²) in [5, 5.41) is 11.5. The Bertz CT molecular complexity index is 747. The number of rotatable bonds is 5. The van der Waals surface area contributed by atoms with Gasteiger partial charge in [0.05, 0.1) is 22.4 Å². The number of fused-ring (bicyclic) bond motifs is 1. The summed E-state index contributed by atoms with van der Waals surface area (Å²) in [4.78, 5) is 0. The number of halogens is 1. The molecule has 110 valence electrons. The van der Waals surface area contributed by atoms with E-state index in [1.807, 2.05) is 13.2 Å². The molecule has 3 aromatic rings. The largest absolute Gasteiger partial charge is 0.308 e. The second-order valence-electron chi connectivity index (χ2n) is 5.01. The third-order valence-corrected chi connectivity index (χ3v) is 5.25. The number of benzene rings is 1. The molecule has 0 amide bonds. The van der Waals surface area contributed by atoms with Gasteiger partial charge in [0.25, 0.3) is 0 Å². The molecule has 0 bridgehead atoms. The van der Waals surface area contributed by atoms with Crippen LogP contribution in [-0.4, -0.2) is 16.8 Å². The van der Waals surface area contributed by atoms with E-state index in [0.29, 0.717) is 0 Å². The summed E-state index contributed by atoms with van der Waals surface area (Å²) in [5.41, 5.74) is 2.51. The van der Waals surface area contributed by atoms with Crippen LogP contribution in [0.2, 0.25) is 0 Å². The fourth-order valence-electron chi connectivity index (χ4n) is 2.71. The minimum Gasteiger partial charge on any atom is -0.308 e. The van der Waals surface area contributed by atoms with Crippen LogP contribution in [0.5, 0.6) is 0 Å². The Kier molecular flexibility index (Phi) is 4.42. The molecule has 2 heterocycles. The zero-order valence-electron chi connectivity index (χ0n) is 12.1. The first-order valence-electron chi connectivity index (χ1n) is 7.10. The first-order chi connectivity index (χ1) is 10.3. The van der Waals surface area contributed by atoms with Crippen LogP contribution in [0, 0.1) is 0 Å². The van der Waals surface area contributed by atoms with Crippen molar-refractivity contribution >= 4 is 37.4 Å². The second-order valence-corrected chi connectivity index (χ2v) is 6.78. The predicted molar refractivity (Wildman–Crippen MR) is 92.9 cm³/mol. The van der Waals surface area contributed by atoms with Crippen LogP contribution in [0.25, 0.3) is 10.1 Å². The molecule has 1 unspecified atom stereocenters. The van der Waals surface area contributed by atoms with Crippen LogP contribution in [0.4, 0.5) is 0 Å². The molecule has 0 aliphatic heterocycles. The number of thiophene rings is 1. The Morgan fingerprint density at radius 1 is 1.38 bits per heavy atom. The number of hydrogen-bond acceptors (Lipinski definition) is 3. The molecule has 2 aromatic heterocycles. The van der Waals surface area contributed by atoms with Gasteiger partial charge in [-0.3, -0.25) is 4.68 Å². The SMILES string of the molecule is CCCn1ncc(Br)c1C(NC)c1csc2ccccc12. The van der Waals surface area contributed by atoms with Crippen molar-refractivity contribution in [3.63, 3.8) is 0 Å². The third kappa shape index (κ3) is 2.65. The van der Waals surface area contributed by atoms with E-state index in [-0.39, 0.29) is 6.04 Å². The lowest BCUT2D eigenvalue weighted by Gasteiger charge is -2.18. The van der Waals surface area contributed by atoms with E-state index >= 15 is 0 Å². The smallest absolute Gasteiger partial charge is 0.0771 e. The van der Waals surface area contributed by atoms with Gasteiger partial charge in [-0.1, -0.05) is 25.1 Å². The minimum absolute atomic E-state index is 0.143. The van der Waals surface area contributed by atoms with Gasteiger partial charge in [-0.25, -0.2) is 0 Å². The van der Waals surface area contributed by atoms with Crippen molar-refractivity contribution in [1.82, 2.24) is 15.1 Å². The first kappa shape index (κ1) is 14.8. The molecule has 0 saturated carbocycles. The van der Waals surface area contributed by atoms with Gasteiger partial charge in [0.1, 0.15) is 0 Å². The highest BCUT2D eigenvalue weighted by molar-refractivity contribution is 9.10. The van der Waals surface area contributed by atoms with Gasteiger partial charge in [0.15, 0.2) is 0 Å². The maximum Gasteiger partial charge on any atom is 0.0771 e. The molecule has 1 atom stereocenters. The fourth-order valence-corrected chi connectivity index (χ4v) is 4.22. The average molecular weight is 364 g/mol. The highest BCUT2D eigenvalue weighted by atomic mass is 79.9. The molecule has 1 N–H and O–H groups in total. The Hall–Kier alpha value is -1.17. The molecule has 21 heavy (non-hydrogen) atoms. The summed E-state index contributed by atoms with van der Waals surface area (Å²) < 4.78 is 4.48. The molecule has 0 saturated heterocycles. The summed E-state index contributed by atoms with van der Waals surface area (Å²) >= 11 is 5.45. The Balaban J connectivity index is 2.12. The Morgan fingerprint density at radius 3 is 2.95 bits per heavy atom. The number of nitrogens with zero attached hydrogens (tertiary/aromatic N) is 2. The zero-order chi connectivity index (χ0) is 14.8. The lowest BCUT2D eigenvalue weighted by atomic mass is 10.0. The van der Waals surface area contributed by atoms with Crippen LogP contribution >= 0.6 is 27.3 Å². The third-order valence-electron chi connectivity index (χ3n) is 3.65. The van der Waals surface area contributed by atoms with E-state index in [2.05, 4.69) is 67.6 Å². The Labute approximate surface area is 137 Å². The van der Waals surface area contributed by atoms with Gasteiger partial charge in [-0.2, -0.15) is 5.10 Å². The van der Waals surface area contributed by atoms with Crippen molar-refractivity contribution in [2.75, 3.05) is 7.05 Å². The quantitative estimate of drug-likeness (QED) is 0.718. The molecule has 0 aliphatic carbocycles. The number of aromatic nitrogens is 2. The molecule has 0 radical (unpaired) electrons. The van der Waals surface area contributed by atoms with Gasteiger partial charge >= 0.3 is 0 Å². The van der Waals surface area contributed by atoms with Crippen LogP contribution in [0.15, 0.2) is 40.3 Å². The van der Waals surface area contributed by atoms with E-state index < -0.39 is 0 Å². The molecular formula is C16H18BrN3S. The lowest BCUT2D eigenvalue weighted by molar-refractivity contribution is 0.535. The average Bonchev–Trinajstić information content (AvgIpc) is 3.07. The molecule has 0 aliphatic rings. The van der Waals surface area contributed by atoms with Crippen LogP contribution in [0.1, 0.15) is 30.6 Å². The molecule has 3 rings (SSSR count). The van der Waals surface area contributed by atoms with Crippen molar-refractivity contribution in [3.8, 4) is 0 Å². The predicted octanol–water partition coefficient (Wildman–Crippen LogP) is 4.58. The van der Waals surface area contributed by atoms with Crippen molar-refractivity contribution in [2.24, 2.45) is 0 Å². The summed E-state index contributed by atoms with van der Waals surface area (Å²) in [6, 6.07) is 8.71. The van der Waals surface area contributed by atoms with E-state index in [1.165, 1.54) is 21.3 Å². The molecule has 1 aromatic carbocycles. The molecule has 3 nitrogen and oxygen atoms in total. The van der Waals surface area contributed by atoms with E-state index in [4.69, 9.17) is 0 Å². The summed E-state index contributed by atoms with van der Waals surface area (Å²) in [6.45, 7) is 3.11. The lowest BCUT2D eigenvalue weighted by Crippen LogP contribution is -2.21. The number of nitrogens with one attached hydrogen (secondary N) is 1. The first-order valence-corrected chi connectivity index (χ1v) is 8.78. The summed E-state index contributed by atoms with van der Waals surface area (Å²) in [7, 11) is 2.01. The molecular weight excluding hydrogens is 346 g/mol. The van der Waals surface area contributed by atoms with Gasteiger partial charge in [-0.15, -0.1) is 11.3 Å². The Morgan fingerprint density at radius 2 is 2.19 bits per heavy atom. The highest BCUT2D eigenvalue weighted by Crippen LogP contribution is 2.35. The van der Waals surface area contributed by atoms with Gasteiger partial charge in [0.2, 0.25) is 0 Å². The number of hydrogen-bond donors (Lipinski definition) is 1. The number of aryl methyl sites for hydroxylation is 1. The van der Waals surface area contributed by atoms with Gasteiger partial charge in [-0.05, 0) is 51.8 Å². The minimum atomic E-state index is 0.143. The maximum absolute atomic E-state index is 4.50. The van der Waals surface area contributed by atoms with Crippen LogP contribution in [0.3, 0.4) is 0 Å². The summed E-state index contributed by atoms with van der Waals surface area (Å²) in [6.07, 6.45) is 2.96. The molecule has 0 spiro atoms. The zero-order valence-corrected chi connectivity index (χ0v) is 14.5. The second kappa shape index (κ2) is 6.30. The normalized spacial score (nSPS) is 12.9. The van der Waals surface area contributed by atoms with Crippen molar-refractivity contribution < 1.29 is 0 Å². The van der Waals surface area contributed by atoms with E-state index in [9.17, 15) is 0 Å². The maximum atomic E-state index is 4.50. The monoisotopic (exact) mass is 363 g/mol. The van der Waals surface area contributed by atoms with Crippen molar-refractivity contribution in [1.29, 1.82) is 0 Å². The van der Waals surface area contributed by atoms with Gasteiger partial charge in [0, 0.05) is 11.2 Å². The highest BCUT2D eigenvalue weighted by Gasteiger charge is 2.22. The molecule has 0 fully saturated rings. The van der Waals surface area contributed by atoms with E-state index in [0.717, 1.165) is 17.4 Å². The fraction of sp³-hybridized carbons (Fsp3) is 0.312. The van der Waals surface area contributed by atoms with Crippen LogP contribution < -0.4 is 5.32 Å².